The SMILES string of the molecule is CC(C)(C)C(O)(c1ccc(-c2ccc(OCC(F)(F)F)cc2)cn1)c1cnccn1. The minimum Gasteiger partial charge on any atom is -0.484 e. The molecule has 2 aromatic heterocycles. The summed E-state index contributed by atoms with van der Waals surface area (Å²) in [5.41, 5.74) is 0.237. The van der Waals surface area contributed by atoms with Crippen molar-refractivity contribution >= 4 is 0 Å². The van der Waals surface area contributed by atoms with E-state index in [4.69, 9.17) is 4.74 Å². The maximum Gasteiger partial charge on any atom is 0.422 e. The fourth-order valence-electron chi connectivity index (χ4n) is 3.07. The maximum atomic E-state index is 12.3. The minimum atomic E-state index is -4.38. The molecule has 0 saturated carbocycles. The molecule has 2 heterocycles. The third-order valence-corrected chi connectivity index (χ3v) is 4.74. The second kappa shape index (κ2) is 8.02. The van der Waals surface area contributed by atoms with E-state index in [0.29, 0.717) is 11.4 Å². The zero-order chi connectivity index (χ0) is 22.0. The van der Waals surface area contributed by atoms with Gasteiger partial charge in [-0.3, -0.25) is 15.0 Å². The molecule has 1 aromatic carbocycles. The van der Waals surface area contributed by atoms with Gasteiger partial charge in [-0.05, 0) is 23.8 Å². The Morgan fingerprint density at radius 3 is 2.00 bits per heavy atom. The van der Waals surface area contributed by atoms with Crippen molar-refractivity contribution in [1.29, 1.82) is 0 Å². The quantitative estimate of drug-likeness (QED) is 0.648. The lowest BCUT2D eigenvalue weighted by molar-refractivity contribution is -0.153. The first kappa shape index (κ1) is 21.7. The molecule has 8 heteroatoms. The van der Waals surface area contributed by atoms with E-state index >= 15 is 0 Å². The lowest BCUT2D eigenvalue weighted by atomic mass is 9.72. The van der Waals surface area contributed by atoms with Gasteiger partial charge in [0.2, 0.25) is 0 Å². The number of hydrogen-bond acceptors (Lipinski definition) is 5. The predicted molar refractivity (Wildman–Crippen MR) is 106 cm³/mol. The molecule has 0 saturated heterocycles. The van der Waals surface area contributed by atoms with Crippen molar-refractivity contribution < 1.29 is 23.0 Å². The zero-order valence-electron chi connectivity index (χ0n) is 16.8. The Bertz CT molecular complexity index is 970. The van der Waals surface area contributed by atoms with Crippen LogP contribution >= 0.6 is 0 Å². The smallest absolute Gasteiger partial charge is 0.422 e. The molecule has 0 bridgehead atoms. The average Bonchev–Trinajstić information content (AvgIpc) is 2.71. The lowest BCUT2D eigenvalue weighted by Gasteiger charge is -2.39. The summed E-state index contributed by atoms with van der Waals surface area (Å²) >= 11 is 0. The summed E-state index contributed by atoms with van der Waals surface area (Å²) in [6, 6.07) is 9.76. The molecule has 1 unspecified atom stereocenters. The summed E-state index contributed by atoms with van der Waals surface area (Å²) in [4.78, 5) is 12.8. The summed E-state index contributed by atoms with van der Waals surface area (Å²) in [5.74, 6) is 0.130. The van der Waals surface area contributed by atoms with Gasteiger partial charge in [0, 0.05) is 29.6 Å². The maximum absolute atomic E-state index is 12.3. The van der Waals surface area contributed by atoms with Crippen LogP contribution in [0, 0.1) is 5.41 Å². The molecule has 0 radical (unpaired) electrons. The Morgan fingerprint density at radius 1 is 0.833 bits per heavy atom. The van der Waals surface area contributed by atoms with Crippen molar-refractivity contribution in [1.82, 2.24) is 15.0 Å². The first-order valence-corrected chi connectivity index (χ1v) is 9.26. The molecule has 5 nitrogen and oxygen atoms in total. The van der Waals surface area contributed by atoms with Crippen LogP contribution in [0.2, 0.25) is 0 Å². The van der Waals surface area contributed by atoms with E-state index < -0.39 is 23.8 Å². The molecule has 3 rings (SSSR count). The number of halogens is 3. The molecule has 1 atom stereocenters. The van der Waals surface area contributed by atoms with Gasteiger partial charge < -0.3 is 9.84 Å². The van der Waals surface area contributed by atoms with Crippen LogP contribution < -0.4 is 4.74 Å². The van der Waals surface area contributed by atoms with E-state index in [-0.39, 0.29) is 5.75 Å². The first-order chi connectivity index (χ1) is 14.0. The summed E-state index contributed by atoms with van der Waals surface area (Å²) in [5, 5.41) is 11.5. The Labute approximate surface area is 172 Å². The predicted octanol–water partition coefficient (Wildman–Crippen LogP) is 4.76. The van der Waals surface area contributed by atoms with Gasteiger partial charge in [0.05, 0.1) is 17.6 Å². The number of benzene rings is 1. The number of ether oxygens (including phenoxy) is 1. The third kappa shape index (κ3) is 4.59. The molecular weight excluding hydrogens is 395 g/mol. The summed E-state index contributed by atoms with van der Waals surface area (Å²) in [6.07, 6.45) is 1.79. The number of pyridine rings is 1. The van der Waals surface area contributed by atoms with Crippen molar-refractivity contribution in [2.24, 2.45) is 5.41 Å². The van der Waals surface area contributed by atoms with Gasteiger partial charge in [-0.25, -0.2) is 0 Å². The van der Waals surface area contributed by atoms with Crippen LogP contribution in [0.5, 0.6) is 5.75 Å². The number of alkyl halides is 3. The number of nitrogens with zero attached hydrogens (tertiary/aromatic N) is 3. The van der Waals surface area contributed by atoms with E-state index in [2.05, 4.69) is 15.0 Å². The Morgan fingerprint density at radius 2 is 1.50 bits per heavy atom. The third-order valence-electron chi connectivity index (χ3n) is 4.74. The first-order valence-electron chi connectivity index (χ1n) is 9.26. The Kier molecular flexibility index (Phi) is 5.81. The second-order valence-electron chi connectivity index (χ2n) is 7.91. The summed E-state index contributed by atoms with van der Waals surface area (Å²) in [7, 11) is 0. The Hall–Kier alpha value is -3.00. The highest BCUT2D eigenvalue weighted by Gasteiger charge is 2.46. The molecule has 0 aliphatic heterocycles. The monoisotopic (exact) mass is 417 g/mol. The zero-order valence-corrected chi connectivity index (χ0v) is 16.8. The molecule has 3 aromatic rings. The van der Waals surface area contributed by atoms with Gasteiger partial charge in [0.15, 0.2) is 12.2 Å². The molecule has 158 valence electrons. The van der Waals surface area contributed by atoms with E-state index in [1.165, 1.54) is 30.7 Å². The number of aromatic nitrogens is 3. The van der Waals surface area contributed by atoms with Crippen LogP contribution in [-0.2, 0) is 5.60 Å². The van der Waals surface area contributed by atoms with Gasteiger partial charge in [0.25, 0.3) is 0 Å². The van der Waals surface area contributed by atoms with Crippen LogP contribution in [0.4, 0.5) is 13.2 Å². The fraction of sp³-hybridized carbons (Fsp3) is 0.318. The standard InChI is InChI=1S/C22H22F3N3O2/c1-20(2,3)22(29,19-13-26-10-11-27-19)18-9-6-16(12-28-18)15-4-7-17(8-5-15)30-14-21(23,24)25/h4-13,29H,14H2,1-3H3. The second-order valence-corrected chi connectivity index (χ2v) is 7.91. The van der Waals surface area contributed by atoms with Gasteiger partial charge in [-0.2, -0.15) is 13.2 Å². The van der Waals surface area contributed by atoms with Crippen molar-refractivity contribution in [2.45, 2.75) is 32.5 Å². The van der Waals surface area contributed by atoms with E-state index in [9.17, 15) is 18.3 Å². The largest absolute Gasteiger partial charge is 0.484 e. The van der Waals surface area contributed by atoms with Gasteiger partial charge in [0.1, 0.15) is 5.75 Å². The van der Waals surface area contributed by atoms with Crippen molar-refractivity contribution in [3.8, 4) is 16.9 Å². The van der Waals surface area contributed by atoms with E-state index in [1.54, 1.807) is 30.5 Å². The summed E-state index contributed by atoms with van der Waals surface area (Å²) < 4.78 is 41.5. The normalized spacial score (nSPS) is 14.2. The van der Waals surface area contributed by atoms with Gasteiger partial charge in [-0.15, -0.1) is 0 Å². The van der Waals surface area contributed by atoms with Crippen molar-refractivity contribution in [2.75, 3.05) is 6.61 Å². The van der Waals surface area contributed by atoms with Crippen LogP contribution in [0.15, 0.2) is 61.2 Å². The van der Waals surface area contributed by atoms with Crippen molar-refractivity contribution in [3.05, 3.63) is 72.6 Å². The van der Waals surface area contributed by atoms with Crippen LogP contribution in [0.25, 0.3) is 11.1 Å². The number of aliphatic hydroxyl groups is 1. The fourth-order valence-corrected chi connectivity index (χ4v) is 3.07. The van der Waals surface area contributed by atoms with Gasteiger partial charge in [-0.1, -0.05) is 39.0 Å². The molecule has 0 spiro atoms. The molecule has 0 aliphatic carbocycles. The Balaban J connectivity index is 1.86. The summed E-state index contributed by atoms with van der Waals surface area (Å²) in [6.45, 7) is 4.32. The molecular formula is C22H22F3N3O2. The molecule has 0 amide bonds. The van der Waals surface area contributed by atoms with Gasteiger partial charge >= 0.3 is 6.18 Å². The van der Waals surface area contributed by atoms with E-state index in [1.807, 2.05) is 20.8 Å². The molecule has 30 heavy (non-hydrogen) atoms. The highest BCUT2D eigenvalue weighted by atomic mass is 19.4. The highest BCUT2D eigenvalue weighted by Crippen LogP contribution is 2.43. The highest BCUT2D eigenvalue weighted by molar-refractivity contribution is 5.63. The molecule has 0 aliphatic rings. The van der Waals surface area contributed by atoms with E-state index in [0.717, 1.165) is 11.1 Å². The number of hydrogen-bond donors (Lipinski definition) is 1. The topological polar surface area (TPSA) is 68.1 Å². The molecule has 0 fully saturated rings. The lowest BCUT2D eigenvalue weighted by Crippen LogP contribution is -2.42. The van der Waals surface area contributed by atoms with Crippen LogP contribution in [-0.4, -0.2) is 32.8 Å². The average molecular weight is 417 g/mol. The van der Waals surface area contributed by atoms with Crippen LogP contribution in [0.1, 0.15) is 32.2 Å². The number of rotatable bonds is 5. The molecule has 1 N–H and O–H groups in total. The van der Waals surface area contributed by atoms with Crippen LogP contribution in [0.3, 0.4) is 0 Å². The van der Waals surface area contributed by atoms with Crippen molar-refractivity contribution in [3.63, 3.8) is 0 Å². The minimum absolute atomic E-state index is 0.130.